The maximum absolute atomic E-state index is 11.4. The molecule has 0 aliphatic carbocycles. The van der Waals surface area contributed by atoms with Gasteiger partial charge in [-0.25, -0.2) is 0 Å². The Morgan fingerprint density at radius 2 is 2.28 bits per heavy atom. The number of nitriles is 1. The van der Waals surface area contributed by atoms with Crippen LogP contribution in [-0.2, 0) is 4.79 Å². The molecule has 0 spiro atoms. The summed E-state index contributed by atoms with van der Waals surface area (Å²) in [6.07, 6.45) is 0. The molecule has 0 saturated carbocycles. The number of thioether (sulfide) groups is 1. The standard InChI is InChI=1S/C13H17N3OS/c1-4-18-12-7-5-6-11(10(12)8-14)16(3)9-13(17)15-2/h5-7H,4,9H2,1-3H3,(H,15,17). The van der Waals surface area contributed by atoms with Gasteiger partial charge in [0.1, 0.15) is 6.07 Å². The molecule has 96 valence electrons. The quantitative estimate of drug-likeness (QED) is 0.824. The molecule has 5 heteroatoms. The Bertz CT molecular complexity index is 468. The second-order valence-corrected chi connectivity index (χ2v) is 5.03. The van der Waals surface area contributed by atoms with E-state index < -0.39 is 0 Å². The van der Waals surface area contributed by atoms with Gasteiger partial charge in [-0.3, -0.25) is 4.79 Å². The maximum atomic E-state index is 11.4. The Kier molecular flexibility index (Phi) is 5.53. The molecule has 1 N–H and O–H groups in total. The van der Waals surface area contributed by atoms with Gasteiger partial charge in [0.2, 0.25) is 5.91 Å². The summed E-state index contributed by atoms with van der Waals surface area (Å²) in [4.78, 5) is 14.1. The molecule has 0 heterocycles. The van der Waals surface area contributed by atoms with E-state index in [1.807, 2.05) is 32.2 Å². The van der Waals surface area contributed by atoms with Gasteiger partial charge in [0.15, 0.2) is 0 Å². The predicted octanol–water partition coefficient (Wildman–Crippen LogP) is 1.85. The van der Waals surface area contributed by atoms with Crippen LogP contribution in [0.4, 0.5) is 5.69 Å². The minimum Gasteiger partial charge on any atom is -0.364 e. The summed E-state index contributed by atoms with van der Waals surface area (Å²) < 4.78 is 0. The number of benzene rings is 1. The van der Waals surface area contributed by atoms with Crippen LogP contribution in [0.1, 0.15) is 12.5 Å². The molecule has 0 unspecified atom stereocenters. The lowest BCUT2D eigenvalue weighted by Crippen LogP contribution is -2.33. The third kappa shape index (κ3) is 3.41. The lowest BCUT2D eigenvalue weighted by molar-refractivity contribution is -0.119. The Morgan fingerprint density at radius 1 is 1.56 bits per heavy atom. The second kappa shape index (κ2) is 6.92. The van der Waals surface area contributed by atoms with Crippen LogP contribution in [0.15, 0.2) is 23.1 Å². The Balaban J connectivity index is 3.05. The summed E-state index contributed by atoms with van der Waals surface area (Å²) in [6, 6.07) is 7.93. The van der Waals surface area contributed by atoms with Gasteiger partial charge in [-0.05, 0) is 17.9 Å². The zero-order chi connectivity index (χ0) is 13.5. The highest BCUT2D eigenvalue weighted by Gasteiger charge is 2.13. The van der Waals surface area contributed by atoms with Crippen LogP contribution in [0, 0.1) is 11.3 Å². The van der Waals surface area contributed by atoms with Crippen LogP contribution in [0.25, 0.3) is 0 Å². The SMILES string of the molecule is CCSc1cccc(N(C)CC(=O)NC)c1C#N. The van der Waals surface area contributed by atoms with E-state index in [0.717, 1.165) is 16.3 Å². The Morgan fingerprint density at radius 3 is 2.83 bits per heavy atom. The number of hydrogen-bond donors (Lipinski definition) is 1. The number of rotatable bonds is 5. The first-order valence-electron chi connectivity index (χ1n) is 5.71. The van der Waals surface area contributed by atoms with Gasteiger partial charge >= 0.3 is 0 Å². The first-order chi connectivity index (χ1) is 8.63. The summed E-state index contributed by atoms with van der Waals surface area (Å²) in [5, 5.41) is 11.8. The fraction of sp³-hybridized carbons (Fsp3) is 0.385. The van der Waals surface area contributed by atoms with Crippen LogP contribution in [0.2, 0.25) is 0 Å². The lowest BCUT2D eigenvalue weighted by atomic mass is 10.2. The summed E-state index contributed by atoms with van der Waals surface area (Å²) >= 11 is 1.63. The van der Waals surface area contributed by atoms with E-state index in [-0.39, 0.29) is 12.5 Å². The Hall–Kier alpha value is -1.67. The van der Waals surface area contributed by atoms with E-state index in [2.05, 4.69) is 11.4 Å². The fourth-order valence-corrected chi connectivity index (χ4v) is 2.39. The maximum Gasteiger partial charge on any atom is 0.239 e. The number of anilines is 1. The van der Waals surface area contributed by atoms with Crippen molar-refractivity contribution < 1.29 is 4.79 Å². The van der Waals surface area contributed by atoms with Gasteiger partial charge < -0.3 is 10.2 Å². The van der Waals surface area contributed by atoms with Crippen LogP contribution in [0.5, 0.6) is 0 Å². The number of hydrogen-bond acceptors (Lipinski definition) is 4. The van der Waals surface area contributed by atoms with Crippen molar-refractivity contribution in [1.82, 2.24) is 5.32 Å². The highest BCUT2D eigenvalue weighted by Crippen LogP contribution is 2.29. The van der Waals surface area contributed by atoms with E-state index in [4.69, 9.17) is 0 Å². The monoisotopic (exact) mass is 263 g/mol. The van der Waals surface area contributed by atoms with E-state index in [1.165, 1.54) is 0 Å². The third-order valence-corrected chi connectivity index (χ3v) is 3.43. The number of carbonyl (C=O) groups excluding carboxylic acids is 1. The Labute approximate surface area is 112 Å². The van der Waals surface area contributed by atoms with Gasteiger partial charge in [0.05, 0.1) is 17.8 Å². The first kappa shape index (κ1) is 14.4. The predicted molar refractivity (Wildman–Crippen MR) is 74.9 cm³/mol. The molecule has 0 fully saturated rings. The van der Waals surface area contributed by atoms with E-state index in [0.29, 0.717) is 5.56 Å². The summed E-state index contributed by atoms with van der Waals surface area (Å²) in [7, 11) is 3.41. The molecular formula is C13H17N3OS. The van der Waals surface area contributed by atoms with Gasteiger partial charge in [-0.1, -0.05) is 13.0 Å². The average Bonchev–Trinajstić information content (AvgIpc) is 2.38. The van der Waals surface area contributed by atoms with Gasteiger partial charge in [-0.15, -0.1) is 11.8 Å². The van der Waals surface area contributed by atoms with Crippen molar-refractivity contribution in [2.24, 2.45) is 0 Å². The molecule has 4 nitrogen and oxygen atoms in total. The second-order valence-electron chi connectivity index (χ2n) is 3.72. The zero-order valence-electron chi connectivity index (χ0n) is 10.9. The molecule has 1 aromatic rings. The van der Waals surface area contributed by atoms with Crippen molar-refractivity contribution in [3.63, 3.8) is 0 Å². The van der Waals surface area contributed by atoms with Crippen molar-refractivity contribution in [3.05, 3.63) is 23.8 Å². The molecule has 1 aromatic carbocycles. The average molecular weight is 263 g/mol. The molecule has 0 bridgehead atoms. The van der Waals surface area contributed by atoms with Crippen LogP contribution >= 0.6 is 11.8 Å². The molecule has 0 saturated heterocycles. The molecule has 0 atom stereocenters. The van der Waals surface area contributed by atoms with Gasteiger partial charge in [0.25, 0.3) is 0 Å². The van der Waals surface area contributed by atoms with Crippen LogP contribution in [0.3, 0.4) is 0 Å². The minimum atomic E-state index is -0.0741. The smallest absolute Gasteiger partial charge is 0.239 e. The lowest BCUT2D eigenvalue weighted by Gasteiger charge is -2.20. The largest absolute Gasteiger partial charge is 0.364 e. The van der Waals surface area contributed by atoms with Crippen molar-refractivity contribution in [2.75, 3.05) is 31.3 Å². The van der Waals surface area contributed by atoms with Crippen molar-refractivity contribution >= 4 is 23.4 Å². The molecule has 0 aliphatic heterocycles. The van der Waals surface area contributed by atoms with E-state index in [9.17, 15) is 10.1 Å². The molecule has 0 radical (unpaired) electrons. The third-order valence-electron chi connectivity index (χ3n) is 2.49. The summed E-state index contributed by atoms with van der Waals surface area (Å²) in [5.41, 5.74) is 1.43. The highest BCUT2D eigenvalue weighted by atomic mass is 32.2. The summed E-state index contributed by atoms with van der Waals surface area (Å²) in [5.74, 6) is 0.840. The number of nitrogens with zero attached hydrogens (tertiary/aromatic N) is 2. The number of nitrogens with one attached hydrogen (secondary N) is 1. The minimum absolute atomic E-state index is 0.0741. The van der Waals surface area contributed by atoms with E-state index in [1.54, 1.807) is 23.7 Å². The first-order valence-corrected chi connectivity index (χ1v) is 6.70. The van der Waals surface area contributed by atoms with Crippen LogP contribution in [-0.4, -0.2) is 32.3 Å². The van der Waals surface area contributed by atoms with Crippen molar-refractivity contribution in [1.29, 1.82) is 5.26 Å². The normalized spacial score (nSPS) is 9.67. The fourth-order valence-electron chi connectivity index (χ4n) is 1.61. The number of likely N-dealkylation sites (N-methyl/N-ethyl adjacent to an activating group) is 2. The van der Waals surface area contributed by atoms with Gasteiger partial charge in [-0.2, -0.15) is 5.26 Å². The zero-order valence-corrected chi connectivity index (χ0v) is 11.7. The van der Waals surface area contributed by atoms with E-state index >= 15 is 0 Å². The van der Waals surface area contributed by atoms with Crippen molar-refractivity contribution in [3.8, 4) is 6.07 Å². The highest BCUT2D eigenvalue weighted by molar-refractivity contribution is 7.99. The molecule has 18 heavy (non-hydrogen) atoms. The topological polar surface area (TPSA) is 56.1 Å². The molecule has 1 amide bonds. The molecule has 1 rings (SSSR count). The number of carbonyl (C=O) groups is 1. The summed E-state index contributed by atoms with van der Waals surface area (Å²) in [6.45, 7) is 2.29. The van der Waals surface area contributed by atoms with Crippen molar-refractivity contribution in [2.45, 2.75) is 11.8 Å². The molecule has 0 aliphatic rings. The molecule has 0 aromatic heterocycles. The van der Waals surface area contributed by atoms with Crippen LogP contribution < -0.4 is 10.2 Å². The van der Waals surface area contributed by atoms with Gasteiger partial charge in [0, 0.05) is 19.0 Å². The number of amides is 1. The molecular weight excluding hydrogens is 246 g/mol.